The Kier molecular flexibility index (Phi) is 4.49. The first kappa shape index (κ1) is 16.1. The Hall–Kier alpha value is -1.26. The normalized spacial score (nSPS) is 21.4. The van der Waals surface area contributed by atoms with Crippen molar-refractivity contribution < 1.29 is 9.59 Å². The van der Waals surface area contributed by atoms with Gasteiger partial charge in [-0.05, 0) is 38.0 Å². The Bertz CT molecular complexity index is 587. The molecule has 2 amide bonds. The fourth-order valence-corrected chi connectivity index (χ4v) is 2.83. The van der Waals surface area contributed by atoms with Gasteiger partial charge in [-0.3, -0.25) is 9.59 Å². The fourth-order valence-electron chi connectivity index (χ4n) is 2.51. The molecule has 2 rings (SSSR count). The first-order chi connectivity index (χ1) is 9.76. The molecular formula is C15H18Cl2N2O2. The largest absolute Gasteiger partial charge is 0.340 e. The SMILES string of the molecule is CCC1C(=O)NC(C)(C)C(=O)N1Cc1ccc(Cl)c(Cl)c1. The van der Waals surface area contributed by atoms with E-state index in [4.69, 9.17) is 23.2 Å². The van der Waals surface area contributed by atoms with Gasteiger partial charge in [0, 0.05) is 6.54 Å². The van der Waals surface area contributed by atoms with E-state index in [1.807, 2.05) is 13.0 Å². The van der Waals surface area contributed by atoms with Crippen LogP contribution in [0.1, 0.15) is 32.8 Å². The summed E-state index contributed by atoms with van der Waals surface area (Å²) in [5.41, 5.74) is -0.0411. The molecule has 114 valence electrons. The third-order valence-corrected chi connectivity index (χ3v) is 4.37. The van der Waals surface area contributed by atoms with Crippen molar-refractivity contribution in [3.8, 4) is 0 Å². The van der Waals surface area contributed by atoms with Crippen molar-refractivity contribution >= 4 is 35.0 Å². The van der Waals surface area contributed by atoms with Crippen molar-refractivity contribution in [2.24, 2.45) is 0 Å². The van der Waals surface area contributed by atoms with Crippen LogP contribution in [-0.4, -0.2) is 28.3 Å². The molecule has 1 aromatic carbocycles. The number of hydrogen-bond donors (Lipinski definition) is 1. The summed E-state index contributed by atoms with van der Waals surface area (Å²) in [4.78, 5) is 26.3. The van der Waals surface area contributed by atoms with Crippen molar-refractivity contribution in [3.05, 3.63) is 33.8 Å². The average Bonchev–Trinajstić information content (AvgIpc) is 2.40. The van der Waals surface area contributed by atoms with E-state index >= 15 is 0 Å². The summed E-state index contributed by atoms with van der Waals surface area (Å²) in [6, 6.07) is 4.77. The summed E-state index contributed by atoms with van der Waals surface area (Å²) in [5.74, 6) is -0.220. The summed E-state index contributed by atoms with van der Waals surface area (Å²) < 4.78 is 0. The van der Waals surface area contributed by atoms with Crippen LogP contribution in [0.4, 0.5) is 0 Å². The molecule has 0 bridgehead atoms. The molecular weight excluding hydrogens is 311 g/mol. The average molecular weight is 329 g/mol. The second kappa shape index (κ2) is 5.85. The number of benzene rings is 1. The quantitative estimate of drug-likeness (QED) is 0.927. The van der Waals surface area contributed by atoms with Crippen LogP contribution in [0.25, 0.3) is 0 Å². The summed E-state index contributed by atoms with van der Waals surface area (Å²) in [6.45, 7) is 5.64. The Morgan fingerprint density at radius 2 is 1.90 bits per heavy atom. The number of hydrogen-bond acceptors (Lipinski definition) is 2. The molecule has 0 saturated carbocycles. The van der Waals surface area contributed by atoms with Crippen LogP contribution in [0.3, 0.4) is 0 Å². The van der Waals surface area contributed by atoms with E-state index in [2.05, 4.69) is 5.32 Å². The minimum Gasteiger partial charge on any atom is -0.340 e. The molecule has 0 spiro atoms. The van der Waals surface area contributed by atoms with Crippen LogP contribution >= 0.6 is 23.2 Å². The smallest absolute Gasteiger partial charge is 0.248 e. The maximum Gasteiger partial charge on any atom is 0.248 e. The van der Waals surface area contributed by atoms with E-state index in [1.165, 1.54) is 0 Å². The lowest BCUT2D eigenvalue weighted by Gasteiger charge is -2.42. The summed E-state index contributed by atoms with van der Waals surface area (Å²) >= 11 is 11.9. The van der Waals surface area contributed by atoms with Crippen molar-refractivity contribution in [1.29, 1.82) is 0 Å². The number of rotatable bonds is 3. The molecule has 21 heavy (non-hydrogen) atoms. The van der Waals surface area contributed by atoms with Gasteiger partial charge in [0.05, 0.1) is 10.0 Å². The number of nitrogens with zero attached hydrogens (tertiary/aromatic N) is 1. The monoisotopic (exact) mass is 328 g/mol. The number of halogens is 2. The maximum atomic E-state index is 12.6. The highest BCUT2D eigenvalue weighted by atomic mass is 35.5. The van der Waals surface area contributed by atoms with Crippen molar-refractivity contribution in [1.82, 2.24) is 10.2 Å². The van der Waals surface area contributed by atoms with E-state index in [9.17, 15) is 9.59 Å². The molecule has 1 heterocycles. The Labute approximate surface area is 134 Å². The predicted molar refractivity (Wildman–Crippen MR) is 83.3 cm³/mol. The van der Waals surface area contributed by atoms with E-state index in [0.29, 0.717) is 23.0 Å². The minimum atomic E-state index is -0.890. The summed E-state index contributed by atoms with van der Waals surface area (Å²) in [7, 11) is 0. The number of carbonyl (C=O) groups is 2. The topological polar surface area (TPSA) is 49.4 Å². The molecule has 1 aliphatic rings. The third kappa shape index (κ3) is 3.16. The highest BCUT2D eigenvalue weighted by molar-refractivity contribution is 6.42. The van der Waals surface area contributed by atoms with Gasteiger partial charge in [0.1, 0.15) is 11.6 Å². The van der Waals surface area contributed by atoms with Crippen molar-refractivity contribution in [2.75, 3.05) is 0 Å². The zero-order valence-electron chi connectivity index (χ0n) is 12.2. The molecule has 4 nitrogen and oxygen atoms in total. The lowest BCUT2D eigenvalue weighted by Crippen LogP contribution is -2.67. The van der Waals surface area contributed by atoms with Crippen LogP contribution in [0.2, 0.25) is 10.0 Å². The van der Waals surface area contributed by atoms with E-state index in [0.717, 1.165) is 5.56 Å². The first-order valence-electron chi connectivity index (χ1n) is 6.83. The highest BCUT2D eigenvalue weighted by Crippen LogP contribution is 2.26. The summed E-state index contributed by atoms with van der Waals surface area (Å²) in [5, 5.41) is 3.67. The zero-order valence-corrected chi connectivity index (χ0v) is 13.8. The molecule has 0 aromatic heterocycles. The molecule has 1 N–H and O–H groups in total. The van der Waals surface area contributed by atoms with Crippen molar-refractivity contribution in [2.45, 2.75) is 45.3 Å². The number of carbonyl (C=O) groups excluding carboxylic acids is 2. The first-order valence-corrected chi connectivity index (χ1v) is 7.59. The van der Waals surface area contributed by atoms with Crippen LogP contribution in [0.5, 0.6) is 0 Å². The predicted octanol–water partition coefficient (Wildman–Crippen LogP) is 3.01. The van der Waals surface area contributed by atoms with Gasteiger partial charge >= 0.3 is 0 Å². The lowest BCUT2D eigenvalue weighted by molar-refractivity contribution is -0.154. The molecule has 6 heteroatoms. The molecule has 0 aliphatic carbocycles. The molecule has 1 fully saturated rings. The highest BCUT2D eigenvalue weighted by Gasteiger charge is 2.44. The molecule has 1 unspecified atom stereocenters. The Morgan fingerprint density at radius 1 is 1.24 bits per heavy atom. The standard InChI is InChI=1S/C15H18Cl2N2O2/c1-4-12-13(20)18-15(2,3)14(21)19(12)8-9-5-6-10(16)11(17)7-9/h5-7,12H,4,8H2,1-3H3,(H,18,20). The number of amides is 2. The maximum absolute atomic E-state index is 12.6. The molecule has 1 aromatic rings. The number of piperazine rings is 1. The van der Waals surface area contributed by atoms with Gasteiger partial charge in [0.2, 0.25) is 11.8 Å². The van der Waals surface area contributed by atoms with Gasteiger partial charge in [0.25, 0.3) is 0 Å². The van der Waals surface area contributed by atoms with E-state index in [-0.39, 0.29) is 11.8 Å². The molecule has 1 atom stereocenters. The fraction of sp³-hybridized carbons (Fsp3) is 0.467. The molecule has 1 saturated heterocycles. The molecule has 0 radical (unpaired) electrons. The van der Waals surface area contributed by atoms with Gasteiger partial charge in [-0.2, -0.15) is 0 Å². The van der Waals surface area contributed by atoms with Crippen LogP contribution in [0, 0.1) is 0 Å². The molecule has 1 aliphatic heterocycles. The lowest BCUT2D eigenvalue weighted by atomic mass is 9.95. The number of nitrogens with one attached hydrogen (secondary N) is 1. The van der Waals surface area contributed by atoms with Crippen LogP contribution in [-0.2, 0) is 16.1 Å². The van der Waals surface area contributed by atoms with E-state index in [1.54, 1.807) is 30.9 Å². The van der Waals surface area contributed by atoms with Gasteiger partial charge in [-0.1, -0.05) is 36.2 Å². The van der Waals surface area contributed by atoms with Crippen LogP contribution in [0.15, 0.2) is 18.2 Å². The second-order valence-electron chi connectivity index (χ2n) is 5.72. The van der Waals surface area contributed by atoms with Gasteiger partial charge < -0.3 is 10.2 Å². The van der Waals surface area contributed by atoms with Gasteiger partial charge in [0.15, 0.2) is 0 Å². The van der Waals surface area contributed by atoms with Gasteiger partial charge in [-0.25, -0.2) is 0 Å². The van der Waals surface area contributed by atoms with Crippen LogP contribution < -0.4 is 5.32 Å². The summed E-state index contributed by atoms with van der Waals surface area (Å²) in [6.07, 6.45) is 0.564. The zero-order chi connectivity index (χ0) is 15.8. The second-order valence-corrected chi connectivity index (χ2v) is 6.53. The van der Waals surface area contributed by atoms with Crippen molar-refractivity contribution in [3.63, 3.8) is 0 Å². The Balaban J connectivity index is 2.31. The third-order valence-electron chi connectivity index (χ3n) is 3.63. The van der Waals surface area contributed by atoms with Gasteiger partial charge in [-0.15, -0.1) is 0 Å². The minimum absolute atomic E-state index is 0.0972. The Morgan fingerprint density at radius 3 is 2.48 bits per heavy atom. The van der Waals surface area contributed by atoms with E-state index < -0.39 is 11.6 Å².